The molecule has 17 heavy (non-hydrogen) atoms. The maximum Gasteiger partial charge on any atom is 0.159 e. The van der Waals surface area contributed by atoms with Gasteiger partial charge in [0.1, 0.15) is 11.9 Å². The molecule has 1 aromatic rings. The second-order valence-corrected chi connectivity index (χ2v) is 4.33. The molecular weight excluding hydrogens is 216 g/mol. The van der Waals surface area contributed by atoms with Gasteiger partial charge in [-0.1, -0.05) is 13.8 Å². The van der Waals surface area contributed by atoms with Crippen LogP contribution < -0.4 is 11.3 Å². The van der Waals surface area contributed by atoms with Crippen LogP contribution in [0.15, 0.2) is 0 Å². The lowest BCUT2D eigenvalue weighted by Crippen LogP contribution is -2.17. The van der Waals surface area contributed by atoms with Crippen molar-refractivity contribution in [1.82, 2.24) is 9.97 Å². The first-order valence-electron chi connectivity index (χ1n) is 5.97. The minimum absolute atomic E-state index is 0.119. The molecule has 0 amide bonds. The zero-order chi connectivity index (χ0) is 13.0. The number of aromatic nitrogens is 2. The van der Waals surface area contributed by atoms with Crippen molar-refractivity contribution >= 4 is 5.82 Å². The summed E-state index contributed by atoms with van der Waals surface area (Å²) in [6.45, 7) is 10.7. The molecule has 0 aromatic carbocycles. The molecule has 0 spiro atoms. The second kappa shape index (κ2) is 5.93. The van der Waals surface area contributed by atoms with Crippen LogP contribution in [0.25, 0.3) is 0 Å². The second-order valence-electron chi connectivity index (χ2n) is 4.33. The van der Waals surface area contributed by atoms with Gasteiger partial charge in [-0.25, -0.2) is 15.8 Å². The largest absolute Gasteiger partial charge is 0.371 e. The van der Waals surface area contributed by atoms with Crippen molar-refractivity contribution in [3.63, 3.8) is 0 Å². The van der Waals surface area contributed by atoms with E-state index in [1.54, 1.807) is 0 Å². The number of hydrogen-bond donors (Lipinski definition) is 2. The lowest BCUT2D eigenvalue weighted by molar-refractivity contribution is 0.0700. The zero-order valence-corrected chi connectivity index (χ0v) is 11.2. The average Bonchev–Trinajstić information content (AvgIpc) is 2.27. The Morgan fingerprint density at radius 1 is 1.29 bits per heavy atom. The third-order valence-corrected chi connectivity index (χ3v) is 2.65. The van der Waals surface area contributed by atoms with Crippen LogP contribution in [0.5, 0.6) is 0 Å². The number of nitrogen functional groups attached to an aromatic ring is 1. The van der Waals surface area contributed by atoms with Crippen LogP contribution >= 0.6 is 0 Å². The molecule has 0 aliphatic carbocycles. The molecule has 0 aliphatic rings. The van der Waals surface area contributed by atoms with Crippen LogP contribution in [0.2, 0.25) is 0 Å². The molecule has 5 nitrogen and oxygen atoms in total. The van der Waals surface area contributed by atoms with Gasteiger partial charge in [-0.05, 0) is 26.7 Å². The van der Waals surface area contributed by atoms with Crippen molar-refractivity contribution in [2.24, 2.45) is 5.84 Å². The Labute approximate surface area is 103 Å². The number of ether oxygens (including phenoxy) is 1. The molecule has 1 heterocycles. The van der Waals surface area contributed by atoms with Gasteiger partial charge in [-0.2, -0.15) is 0 Å². The Morgan fingerprint density at radius 2 is 1.94 bits per heavy atom. The first-order chi connectivity index (χ1) is 8.01. The molecule has 1 atom stereocenters. The Morgan fingerprint density at radius 3 is 2.41 bits per heavy atom. The molecule has 1 aromatic heterocycles. The summed E-state index contributed by atoms with van der Waals surface area (Å²) in [5, 5.41) is 0. The number of aryl methyl sites for hydroxylation is 1. The number of anilines is 1. The fourth-order valence-corrected chi connectivity index (χ4v) is 1.91. The van der Waals surface area contributed by atoms with Crippen molar-refractivity contribution in [1.29, 1.82) is 0 Å². The predicted molar refractivity (Wildman–Crippen MR) is 68.7 cm³/mol. The van der Waals surface area contributed by atoms with Gasteiger partial charge in [0, 0.05) is 17.9 Å². The average molecular weight is 238 g/mol. The highest BCUT2D eigenvalue weighted by Crippen LogP contribution is 2.26. The quantitative estimate of drug-likeness (QED) is 0.608. The third-order valence-electron chi connectivity index (χ3n) is 2.65. The topological polar surface area (TPSA) is 73.1 Å². The van der Waals surface area contributed by atoms with E-state index in [0.717, 1.165) is 11.3 Å². The first-order valence-corrected chi connectivity index (χ1v) is 5.97. The van der Waals surface area contributed by atoms with Crippen LogP contribution in [-0.2, 0) is 4.74 Å². The predicted octanol–water partition coefficient (Wildman–Crippen LogP) is 2.29. The highest BCUT2D eigenvalue weighted by atomic mass is 16.5. The highest BCUT2D eigenvalue weighted by Gasteiger charge is 2.17. The summed E-state index contributed by atoms with van der Waals surface area (Å²) >= 11 is 0. The molecule has 0 bridgehead atoms. The van der Waals surface area contributed by atoms with E-state index in [1.807, 2.05) is 20.8 Å². The molecule has 0 aliphatic heterocycles. The fraction of sp³-hybridized carbons (Fsp3) is 0.667. The van der Waals surface area contributed by atoms with Crippen molar-refractivity contribution < 1.29 is 4.74 Å². The minimum Gasteiger partial charge on any atom is -0.371 e. The molecule has 0 saturated carbocycles. The van der Waals surface area contributed by atoms with Crippen molar-refractivity contribution in [3.05, 3.63) is 17.1 Å². The Bertz CT molecular complexity index is 379. The maximum atomic E-state index is 5.52. The molecule has 96 valence electrons. The molecule has 0 fully saturated rings. The van der Waals surface area contributed by atoms with E-state index in [9.17, 15) is 0 Å². The van der Waals surface area contributed by atoms with Crippen LogP contribution in [0.4, 0.5) is 5.82 Å². The SMILES string of the molecule is CCOC(C)c1nc(C)c(C(C)C)c(NN)n1. The van der Waals surface area contributed by atoms with Crippen molar-refractivity contribution in [2.75, 3.05) is 12.0 Å². The number of hydrazine groups is 1. The van der Waals surface area contributed by atoms with E-state index in [1.165, 1.54) is 0 Å². The fourth-order valence-electron chi connectivity index (χ4n) is 1.91. The number of nitrogens with two attached hydrogens (primary N) is 1. The van der Waals surface area contributed by atoms with Gasteiger partial charge in [-0.3, -0.25) is 0 Å². The first kappa shape index (κ1) is 13.9. The van der Waals surface area contributed by atoms with Gasteiger partial charge in [-0.15, -0.1) is 0 Å². The lowest BCUT2D eigenvalue weighted by atomic mass is 10.0. The summed E-state index contributed by atoms with van der Waals surface area (Å²) in [4.78, 5) is 8.91. The molecule has 3 N–H and O–H groups in total. The Balaban J connectivity index is 3.17. The Hall–Kier alpha value is -1.20. The standard InChI is InChI=1S/C12H22N4O/c1-6-17-9(5)11-14-8(4)10(7(2)3)12(15-11)16-13/h7,9H,6,13H2,1-5H3,(H,14,15,16). The molecule has 5 heteroatoms. The van der Waals surface area contributed by atoms with Gasteiger partial charge in [0.15, 0.2) is 5.82 Å². The summed E-state index contributed by atoms with van der Waals surface area (Å²) in [6, 6.07) is 0. The van der Waals surface area contributed by atoms with Crippen molar-refractivity contribution in [2.45, 2.75) is 46.6 Å². The normalized spacial score (nSPS) is 12.9. The summed E-state index contributed by atoms with van der Waals surface area (Å²) in [6.07, 6.45) is -0.119. The zero-order valence-electron chi connectivity index (χ0n) is 11.2. The van der Waals surface area contributed by atoms with Crippen LogP contribution in [0, 0.1) is 6.92 Å². The molecule has 0 saturated heterocycles. The molecule has 1 unspecified atom stereocenters. The summed E-state index contributed by atoms with van der Waals surface area (Å²) in [7, 11) is 0. The van der Waals surface area contributed by atoms with E-state index in [-0.39, 0.29) is 6.10 Å². The van der Waals surface area contributed by atoms with E-state index < -0.39 is 0 Å². The molecule has 0 radical (unpaired) electrons. The third kappa shape index (κ3) is 3.14. The number of hydrogen-bond acceptors (Lipinski definition) is 5. The number of nitrogens with zero attached hydrogens (tertiary/aromatic N) is 2. The highest BCUT2D eigenvalue weighted by molar-refractivity contribution is 5.47. The van der Waals surface area contributed by atoms with E-state index >= 15 is 0 Å². The summed E-state index contributed by atoms with van der Waals surface area (Å²) in [5.74, 6) is 7.21. The number of rotatable bonds is 5. The number of nitrogens with one attached hydrogen (secondary N) is 1. The lowest BCUT2D eigenvalue weighted by Gasteiger charge is -2.17. The van der Waals surface area contributed by atoms with Gasteiger partial charge in [0.05, 0.1) is 0 Å². The smallest absolute Gasteiger partial charge is 0.159 e. The molecule has 1 rings (SSSR count). The van der Waals surface area contributed by atoms with Crippen LogP contribution in [0.3, 0.4) is 0 Å². The van der Waals surface area contributed by atoms with Crippen LogP contribution in [0.1, 0.15) is 56.8 Å². The monoisotopic (exact) mass is 238 g/mol. The van der Waals surface area contributed by atoms with Crippen LogP contribution in [-0.4, -0.2) is 16.6 Å². The minimum atomic E-state index is -0.119. The van der Waals surface area contributed by atoms with Gasteiger partial charge in [0.2, 0.25) is 0 Å². The van der Waals surface area contributed by atoms with E-state index in [2.05, 4.69) is 29.2 Å². The summed E-state index contributed by atoms with van der Waals surface area (Å²) in [5.41, 5.74) is 4.65. The molecular formula is C12H22N4O. The van der Waals surface area contributed by atoms with Crippen molar-refractivity contribution in [3.8, 4) is 0 Å². The Kier molecular flexibility index (Phi) is 4.84. The summed E-state index contributed by atoms with van der Waals surface area (Å²) < 4.78 is 5.49. The van der Waals surface area contributed by atoms with Gasteiger partial charge >= 0.3 is 0 Å². The van der Waals surface area contributed by atoms with E-state index in [0.29, 0.717) is 24.2 Å². The van der Waals surface area contributed by atoms with Gasteiger partial charge < -0.3 is 10.2 Å². The van der Waals surface area contributed by atoms with Gasteiger partial charge in [0.25, 0.3) is 0 Å². The van der Waals surface area contributed by atoms with E-state index in [4.69, 9.17) is 10.6 Å². The maximum absolute atomic E-state index is 5.52.